The molecule has 3 aromatic rings. The van der Waals surface area contributed by atoms with E-state index in [1.165, 1.54) is 0 Å². The molecule has 1 N–H and O–H groups in total. The Morgan fingerprint density at radius 3 is 2.57 bits per heavy atom. The molecule has 2 aromatic carbocycles. The van der Waals surface area contributed by atoms with Crippen molar-refractivity contribution in [2.24, 2.45) is 0 Å². The monoisotopic (exact) mass is 428 g/mol. The predicted molar refractivity (Wildman–Crippen MR) is 113 cm³/mol. The molecular formula is C22H21ClN2O5. The van der Waals surface area contributed by atoms with Gasteiger partial charge in [-0.25, -0.2) is 9.78 Å². The highest BCUT2D eigenvalue weighted by molar-refractivity contribution is 6.29. The van der Waals surface area contributed by atoms with Crippen molar-refractivity contribution in [1.29, 1.82) is 0 Å². The highest BCUT2D eigenvalue weighted by Crippen LogP contribution is 2.27. The first-order chi connectivity index (χ1) is 14.5. The molecule has 0 saturated heterocycles. The van der Waals surface area contributed by atoms with Gasteiger partial charge in [-0.2, -0.15) is 0 Å². The molecule has 0 aliphatic heterocycles. The summed E-state index contributed by atoms with van der Waals surface area (Å²) in [5.74, 6) is 0.313. The van der Waals surface area contributed by atoms with Crippen LogP contribution in [0.5, 0.6) is 11.5 Å². The number of rotatable bonds is 8. The number of fused-ring (bicyclic) bond motifs is 1. The summed E-state index contributed by atoms with van der Waals surface area (Å²) in [6.45, 7) is 0.0376. The molecule has 0 fully saturated rings. The second kappa shape index (κ2) is 9.93. The van der Waals surface area contributed by atoms with Crippen LogP contribution < -0.4 is 14.8 Å². The molecule has 0 atom stereocenters. The van der Waals surface area contributed by atoms with Crippen molar-refractivity contribution in [3.05, 3.63) is 64.8 Å². The van der Waals surface area contributed by atoms with E-state index in [-0.39, 0.29) is 12.5 Å². The minimum Gasteiger partial charge on any atom is -0.493 e. The molecule has 1 amide bonds. The summed E-state index contributed by atoms with van der Waals surface area (Å²) < 4.78 is 15.6. The molecule has 0 aliphatic carbocycles. The Balaban J connectivity index is 1.47. The lowest BCUT2D eigenvalue weighted by Gasteiger charge is -2.10. The van der Waals surface area contributed by atoms with Crippen LogP contribution in [-0.2, 0) is 16.0 Å². The molecule has 0 unspecified atom stereocenters. The van der Waals surface area contributed by atoms with Crippen molar-refractivity contribution < 1.29 is 23.8 Å². The number of nitrogens with zero attached hydrogens (tertiary/aromatic N) is 1. The zero-order valence-corrected chi connectivity index (χ0v) is 17.4. The first-order valence-corrected chi connectivity index (χ1v) is 9.59. The SMILES string of the molecule is COc1ccc(CCNC(=O)COC(=O)c2ccc3nc(Cl)ccc3c2)cc1OC. The number of nitrogens with one attached hydrogen (secondary N) is 1. The van der Waals surface area contributed by atoms with Gasteiger partial charge < -0.3 is 19.5 Å². The van der Waals surface area contributed by atoms with E-state index in [2.05, 4.69) is 10.3 Å². The molecule has 1 heterocycles. The summed E-state index contributed by atoms with van der Waals surface area (Å²) in [7, 11) is 3.14. The van der Waals surface area contributed by atoms with Gasteiger partial charge in [-0.1, -0.05) is 17.7 Å². The number of carbonyl (C=O) groups excluding carboxylic acids is 2. The molecular weight excluding hydrogens is 408 g/mol. The second-order valence-electron chi connectivity index (χ2n) is 6.41. The third kappa shape index (κ3) is 5.39. The summed E-state index contributed by atoms with van der Waals surface area (Å²) in [5, 5.41) is 3.86. The van der Waals surface area contributed by atoms with E-state index >= 15 is 0 Å². The lowest BCUT2D eigenvalue weighted by Crippen LogP contribution is -2.30. The molecule has 0 spiro atoms. The summed E-state index contributed by atoms with van der Waals surface area (Å²) in [6.07, 6.45) is 0.597. The second-order valence-corrected chi connectivity index (χ2v) is 6.79. The smallest absolute Gasteiger partial charge is 0.338 e. The van der Waals surface area contributed by atoms with Crippen LogP contribution in [0.1, 0.15) is 15.9 Å². The first kappa shape index (κ1) is 21.4. The standard InChI is InChI=1S/C22H21ClN2O5/c1-28-18-7-3-14(11-19(18)29-2)9-10-24-21(26)13-30-22(27)16-4-6-17-15(12-16)5-8-20(23)25-17/h3-8,11-12H,9-10,13H2,1-2H3,(H,24,26). The number of esters is 1. The Morgan fingerprint density at radius 2 is 1.80 bits per heavy atom. The van der Waals surface area contributed by atoms with Crippen molar-refractivity contribution in [3.8, 4) is 11.5 Å². The van der Waals surface area contributed by atoms with E-state index in [0.29, 0.717) is 40.7 Å². The van der Waals surface area contributed by atoms with Gasteiger partial charge in [0.1, 0.15) is 5.15 Å². The van der Waals surface area contributed by atoms with Crippen LogP contribution >= 0.6 is 11.6 Å². The number of methoxy groups -OCH3 is 2. The largest absolute Gasteiger partial charge is 0.493 e. The van der Waals surface area contributed by atoms with Gasteiger partial charge in [-0.15, -0.1) is 0 Å². The van der Waals surface area contributed by atoms with Gasteiger partial charge in [0, 0.05) is 11.9 Å². The molecule has 8 heteroatoms. The Bertz CT molecular complexity index is 1070. The van der Waals surface area contributed by atoms with Crippen molar-refractivity contribution in [1.82, 2.24) is 10.3 Å². The van der Waals surface area contributed by atoms with Crippen molar-refractivity contribution in [2.75, 3.05) is 27.4 Å². The van der Waals surface area contributed by atoms with Gasteiger partial charge in [0.15, 0.2) is 18.1 Å². The van der Waals surface area contributed by atoms with Crippen LogP contribution in [0.2, 0.25) is 5.15 Å². The topological polar surface area (TPSA) is 86.8 Å². The maximum atomic E-state index is 12.2. The number of ether oxygens (including phenoxy) is 3. The average molecular weight is 429 g/mol. The molecule has 3 rings (SSSR count). The first-order valence-electron chi connectivity index (χ1n) is 9.21. The molecule has 0 bridgehead atoms. The number of pyridine rings is 1. The summed E-state index contributed by atoms with van der Waals surface area (Å²) in [4.78, 5) is 28.4. The lowest BCUT2D eigenvalue weighted by molar-refractivity contribution is -0.124. The highest BCUT2D eigenvalue weighted by Gasteiger charge is 2.11. The number of carbonyl (C=O) groups is 2. The Labute approximate surface area is 178 Å². The van der Waals surface area contributed by atoms with E-state index in [1.807, 2.05) is 18.2 Å². The summed E-state index contributed by atoms with van der Waals surface area (Å²) in [6, 6.07) is 13.9. The Kier molecular flexibility index (Phi) is 7.08. The zero-order valence-electron chi connectivity index (χ0n) is 16.6. The number of benzene rings is 2. The van der Waals surface area contributed by atoms with E-state index in [9.17, 15) is 9.59 Å². The minimum absolute atomic E-state index is 0.338. The van der Waals surface area contributed by atoms with Gasteiger partial charge in [0.25, 0.3) is 5.91 Å². The third-order valence-electron chi connectivity index (χ3n) is 4.41. The normalized spacial score (nSPS) is 10.5. The summed E-state index contributed by atoms with van der Waals surface area (Å²) in [5.41, 5.74) is 1.99. The number of aromatic nitrogens is 1. The Morgan fingerprint density at radius 1 is 1.00 bits per heavy atom. The van der Waals surface area contributed by atoms with Crippen molar-refractivity contribution in [3.63, 3.8) is 0 Å². The minimum atomic E-state index is -0.582. The summed E-state index contributed by atoms with van der Waals surface area (Å²) >= 11 is 5.86. The van der Waals surface area contributed by atoms with Gasteiger partial charge in [-0.05, 0) is 54.4 Å². The molecule has 0 aliphatic rings. The van der Waals surface area contributed by atoms with Crippen molar-refractivity contribution >= 4 is 34.4 Å². The highest BCUT2D eigenvalue weighted by atomic mass is 35.5. The fourth-order valence-corrected chi connectivity index (χ4v) is 3.03. The van der Waals surface area contributed by atoms with Crippen LogP contribution in [0.25, 0.3) is 10.9 Å². The average Bonchev–Trinajstić information content (AvgIpc) is 2.76. The number of halogens is 1. The van der Waals surface area contributed by atoms with Crippen LogP contribution in [0.15, 0.2) is 48.5 Å². The van der Waals surface area contributed by atoms with Gasteiger partial charge in [0.2, 0.25) is 0 Å². The maximum absolute atomic E-state index is 12.2. The van der Waals surface area contributed by atoms with Crippen LogP contribution in [0.4, 0.5) is 0 Å². The fourth-order valence-electron chi connectivity index (χ4n) is 2.88. The molecule has 156 valence electrons. The molecule has 1 aromatic heterocycles. The van der Waals surface area contributed by atoms with Crippen LogP contribution in [-0.4, -0.2) is 44.2 Å². The number of hydrogen-bond donors (Lipinski definition) is 1. The number of amides is 1. The molecule has 0 radical (unpaired) electrons. The van der Waals surface area contributed by atoms with E-state index in [0.717, 1.165) is 10.9 Å². The zero-order chi connectivity index (χ0) is 21.5. The lowest BCUT2D eigenvalue weighted by atomic mass is 10.1. The quantitative estimate of drug-likeness (QED) is 0.437. The van der Waals surface area contributed by atoms with Gasteiger partial charge in [-0.3, -0.25) is 4.79 Å². The Hall–Kier alpha value is -3.32. The molecule has 7 nitrogen and oxygen atoms in total. The van der Waals surface area contributed by atoms with E-state index in [4.69, 9.17) is 25.8 Å². The molecule has 30 heavy (non-hydrogen) atoms. The van der Waals surface area contributed by atoms with Gasteiger partial charge >= 0.3 is 5.97 Å². The maximum Gasteiger partial charge on any atom is 0.338 e. The van der Waals surface area contributed by atoms with E-state index in [1.54, 1.807) is 44.6 Å². The van der Waals surface area contributed by atoms with Crippen molar-refractivity contribution in [2.45, 2.75) is 6.42 Å². The third-order valence-corrected chi connectivity index (χ3v) is 4.62. The predicted octanol–water partition coefficient (Wildman–Crippen LogP) is 3.42. The van der Waals surface area contributed by atoms with Gasteiger partial charge in [0.05, 0.1) is 25.3 Å². The van der Waals surface area contributed by atoms with E-state index < -0.39 is 5.97 Å². The molecule has 0 saturated carbocycles. The van der Waals surface area contributed by atoms with Crippen LogP contribution in [0.3, 0.4) is 0 Å². The number of hydrogen-bond acceptors (Lipinski definition) is 6. The van der Waals surface area contributed by atoms with Crippen LogP contribution in [0, 0.1) is 0 Å². The fraction of sp³-hybridized carbons (Fsp3) is 0.227.